The van der Waals surface area contributed by atoms with Gasteiger partial charge in [-0.3, -0.25) is 0 Å². The van der Waals surface area contributed by atoms with Crippen LogP contribution in [0.2, 0.25) is 0 Å². The van der Waals surface area contributed by atoms with E-state index in [1.807, 2.05) is 19.1 Å². The van der Waals surface area contributed by atoms with Crippen molar-refractivity contribution in [3.8, 4) is 0 Å². The second-order valence-electron chi connectivity index (χ2n) is 2.54. The highest BCUT2D eigenvalue weighted by atomic mass is 32.2. The van der Waals surface area contributed by atoms with Crippen molar-refractivity contribution in [2.24, 2.45) is 0 Å². The zero-order chi connectivity index (χ0) is 8.97. The van der Waals surface area contributed by atoms with Crippen LogP contribution < -0.4 is 0 Å². The Kier molecular flexibility index (Phi) is 3.60. The fraction of sp³-hybridized carbons (Fsp3) is 0.400. The Morgan fingerprint density at radius 3 is 2.58 bits per heavy atom. The molecule has 0 fully saturated rings. The molecule has 0 unspecified atom stereocenters. The molecule has 0 nitrogen and oxygen atoms in total. The quantitative estimate of drug-likeness (QED) is 0.648. The summed E-state index contributed by atoms with van der Waals surface area (Å²) in [5, 5.41) is 0. The Balaban J connectivity index is 2.86. The number of thioether (sulfide) groups is 1. The van der Waals surface area contributed by atoms with Gasteiger partial charge in [-0.1, -0.05) is 19.9 Å². The molecule has 0 aliphatic rings. The molecule has 2 heteroatoms. The smallest absolute Gasteiger partial charge is 0.127 e. The van der Waals surface area contributed by atoms with Crippen molar-refractivity contribution in [1.29, 1.82) is 0 Å². The van der Waals surface area contributed by atoms with E-state index < -0.39 is 0 Å². The molecule has 1 rings (SSSR count). The maximum absolute atomic E-state index is 13.2. The van der Waals surface area contributed by atoms with Gasteiger partial charge in [0.2, 0.25) is 0 Å². The first-order valence-corrected chi connectivity index (χ1v) is 5.17. The van der Waals surface area contributed by atoms with Crippen LogP contribution in [-0.2, 0) is 6.42 Å². The molecule has 0 spiro atoms. The van der Waals surface area contributed by atoms with E-state index in [1.54, 1.807) is 17.8 Å². The Morgan fingerprint density at radius 1 is 1.33 bits per heavy atom. The fourth-order valence-corrected chi connectivity index (χ4v) is 1.76. The minimum Gasteiger partial charge on any atom is -0.207 e. The monoisotopic (exact) mass is 184 g/mol. The lowest BCUT2D eigenvalue weighted by Crippen LogP contribution is -1.87. The first-order chi connectivity index (χ1) is 5.77. The predicted octanol–water partition coefficient (Wildman–Crippen LogP) is 3.50. The van der Waals surface area contributed by atoms with Gasteiger partial charge in [0, 0.05) is 4.90 Å². The summed E-state index contributed by atoms with van der Waals surface area (Å²) in [6, 6.07) is 5.47. The van der Waals surface area contributed by atoms with Crippen molar-refractivity contribution >= 4 is 11.8 Å². The Bertz CT molecular complexity index is 258. The summed E-state index contributed by atoms with van der Waals surface area (Å²) < 4.78 is 13.2. The zero-order valence-electron chi connectivity index (χ0n) is 7.43. The van der Waals surface area contributed by atoms with Crippen molar-refractivity contribution < 1.29 is 4.39 Å². The molecule has 0 aromatic heterocycles. The Labute approximate surface area is 77.2 Å². The minimum absolute atomic E-state index is 0.0732. The summed E-state index contributed by atoms with van der Waals surface area (Å²) in [5.41, 5.74) is 0.801. The van der Waals surface area contributed by atoms with Crippen LogP contribution in [0, 0.1) is 5.82 Å². The summed E-state index contributed by atoms with van der Waals surface area (Å²) >= 11 is 1.67. The highest BCUT2D eigenvalue weighted by Crippen LogP contribution is 2.20. The molecule has 1 aromatic carbocycles. The molecule has 0 radical (unpaired) electrons. The van der Waals surface area contributed by atoms with Crippen LogP contribution in [0.4, 0.5) is 4.39 Å². The highest BCUT2D eigenvalue weighted by molar-refractivity contribution is 7.99. The number of benzene rings is 1. The average molecular weight is 184 g/mol. The predicted molar refractivity (Wildman–Crippen MR) is 52.2 cm³/mol. The SMILES string of the molecule is CCSc1ccc(CC)c(F)c1. The Morgan fingerprint density at radius 2 is 2.08 bits per heavy atom. The summed E-state index contributed by atoms with van der Waals surface area (Å²) in [7, 11) is 0. The van der Waals surface area contributed by atoms with Crippen LogP contribution in [-0.4, -0.2) is 5.75 Å². The first kappa shape index (κ1) is 9.59. The van der Waals surface area contributed by atoms with Gasteiger partial charge in [0.1, 0.15) is 5.82 Å². The van der Waals surface area contributed by atoms with E-state index in [0.717, 1.165) is 22.6 Å². The molecule has 0 bridgehead atoms. The van der Waals surface area contributed by atoms with E-state index in [9.17, 15) is 4.39 Å². The van der Waals surface area contributed by atoms with Gasteiger partial charge in [-0.15, -0.1) is 11.8 Å². The van der Waals surface area contributed by atoms with E-state index in [1.165, 1.54) is 0 Å². The molecule has 12 heavy (non-hydrogen) atoms. The molecule has 0 heterocycles. The van der Waals surface area contributed by atoms with Crippen LogP contribution in [0.15, 0.2) is 23.1 Å². The zero-order valence-corrected chi connectivity index (χ0v) is 8.25. The lowest BCUT2D eigenvalue weighted by molar-refractivity contribution is 0.608. The second-order valence-corrected chi connectivity index (χ2v) is 3.88. The molecule has 0 atom stereocenters. The van der Waals surface area contributed by atoms with Gasteiger partial charge in [-0.2, -0.15) is 0 Å². The number of hydrogen-bond acceptors (Lipinski definition) is 1. The third kappa shape index (κ3) is 2.24. The molecule has 0 saturated heterocycles. The Hall–Kier alpha value is -0.500. The van der Waals surface area contributed by atoms with Gasteiger partial charge in [-0.25, -0.2) is 4.39 Å². The molecule has 66 valence electrons. The summed E-state index contributed by atoms with van der Waals surface area (Å²) in [6.45, 7) is 4.03. The number of halogens is 1. The normalized spacial score (nSPS) is 10.2. The van der Waals surface area contributed by atoms with Gasteiger partial charge in [-0.05, 0) is 29.9 Å². The van der Waals surface area contributed by atoms with Crippen LogP contribution >= 0.6 is 11.8 Å². The highest BCUT2D eigenvalue weighted by Gasteiger charge is 2.00. The lowest BCUT2D eigenvalue weighted by Gasteiger charge is -2.02. The summed E-state index contributed by atoms with van der Waals surface area (Å²) in [6.07, 6.45) is 0.767. The summed E-state index contributed by atoms with van der Waals surface area (Å²) in [4.78, 5) is 1.02. The fourth-order valence-electron chi connectivity index (χ4n) is 1.07. The van der Waals surface area contributed by atoms with Gasteiger partial charge in [0.25, 0.3) is 0 Å². The lowest BCUT2D eigenvalue weighted by atomic mass is 10.2. The van der Waals surface area contributed by atoms with E-state index >= 15 is 0 Å². The van der Waals surface area contributed by atoms with Crippen LogP contribution in [0.1, 0.15) is 19.4 Å². The molecule has 0 amide bonds. The topological polar surface area (TPSA) is 0 Å². The van der Waals surface area contributed by atoms with E-state index in [0.29, 0.717) is 0 Å². The van der Waals surface area contributed by atoms with Crippen molar-refractivity contribution in [3.05, 3.63) is 29.6 Å². The van der Waals surface area contributed by atoms with Crippen molar-refractivity contribution in [2.75, 3.05) is 5.75 Å². The molecule has 0 N–H and O–H groups in total. The largest absolute Gasteiger partial charge is 0.207 e. The minimum atomic E-state index is -0.0732. The van der Waals surface area contributed by atoms with Crippen LogP contribution in [0.5, 0.6) is 0 Å². The number of hydrogen-bond donors (Lipinski definition) is 0. The first-order valence-electron chi connectivity index (χ1n) is 4.19. The van der Waals surface area contributed by atoms with E-state index in [4.69, 9.17) is 0 Å². The average Bonchev–Trinajstić information content (AvgIpc) is 2.05. The van der Waals surface area contributed by atoms with Crippen molar-refractivity contribution in [3.63, 3.8) is 0 Å². The molecule has 1 aromatic rings. The van der Waals surface area contributed by atoms with Crippen LogP contribution in [0.3, 0.4) is 0 Å². The molecule has 0 aliphatic heterocycles. The van der Waals surface area contributed by atoms with Gasteiger partial charge in [0.05, 0.1) is 0 Å². The van der Waals surface area contributed by atoms with Crippen LogP contribution in [0.25, 0.3) is 0 Å². The van der Waals surface area contributed by atoms with Gasteiger partial charge in [0.15, 0.2) is 0 Å². The molecule has 0 saturated carbocycles. The third-order valence-corrected chi connectivity index (χ3v) is 2.59. The van der Waals surface area contributed by atoms with Gasteiger partial charge >= 0.3 is 0 Å². The number of rotatable bonds is 3. The van der Waals surface area contributed by atoms with E-state index in [2.05, 4.69) is 6.92 Å². The summed E-state index contributed by atoms with van der Waals surface area (Å²) in [5.74, 6) is 0.918. The number of aryl methyl sites for hydroxylation is 1. The maximum Gasteiger partial charge on any atom is 0.127 e. The molecular weight excluding hydrogens is 171 g/mol. The van der Waals surface area contributed by atoms with Crippen molar-refractivity contribution in [2.45, 2.75) is 25.2 Å². The standard InChI is InChI=1S/C10H13FS/c1-3-8-5-6-9(12-4-2)7-10(8)11/h5-7H,3-4H2,1-2H3. The van der Waals surface area contributed by atoms with Gasteiger partial charge < -0.3 is 0 Å². The maximum atomic E-state index is 13.2. The van der Waals surface area contributed by atoms with Crippen molar-refractivity contribution in [1.82, 2.24) is 0 Å². The molecular formula is C10H13FS. The third-order valence-electron chi connectivity index (χ3n) is 1.72. The van der Waals surface area contributed by atoms with E-state index in [-0.39, 0.29) is 5.82 Å². The second kappa shape index (κ2) is 4.51. The molecule has 0 aliphatic carbocycles.